The van der Waals surface area contributed by atoms with Crippen LogP contribution in [0.3, 0.4) is 0 Å². The van der Waals surface area contributed by atoms with Gasteiger partial charge in [0.1, 0.15) is 0 Å². The standard InChI is InChI=1S/C16H31N5/c1-7-14(2)19(4)12-10-18-16(17-3)21(6)13-15-9-8-11-20(15)5/h8-9,11,14H,7,10,12-13H2,1-6H3,(H,17,18). The van der Waals surface area contributed by atoms with Crippen LogP contribution in [0.25, 0.3) is 0 Å². The van der Waals surface area contributed by atoms with E-state index in [2.05, 4.69) is 78.0 Å². The maximum absolute atomic E-state index is 4.36. The summed E-state index contributed by atoms with van der Waals surface area (Å²) in [6.45, 7) is 7.26. The average molecular weight is 293 g/mol. The third-order valence-electron chi connectivity index (χ3n) is 4.11. The maximum atomic E-state index is 4.36. The van der Waals surface area contributed by atoms with E-state index < -0.39 is 0 Å². The van der Waals surface area contributed by atoms with Crippen LogP contribution in [-0.2, 0) is 13.6 Å². The molecule has 1 N–H and O–H groups in total. The van der Waals surface area contributed by atoms with Gasteiger partial charge in [0.25, 0.3) is 0 Å². The SMILES string of the molecule is CCC(C)N(C)CCNC(=NC)N(C)Cc1cccn1C. The van der Waals surface area contributed by atoms with Gasteiger partial charge < -0.3 is 19.7 Å². The Hall–Kier alpha value is -1.49. The second-order valence-corrected chi connectivity index (χ2v) is 5.68. The molecule has 0 aromatic carbocycles. The van der Waals surface area contributed by atoms with Gasteiger partial charge in [-0.2, -0.15) is 0 Å². The van der Waals surface area contributed by atoms with Gasteiger partial charge in [-0.05, 0) is 32.5 Å². The normalized spacial score (nSPS) is 13.6. The van der Waals surface area contributed by atoms with Crippen LogP contribution in [0.5, 0.6) is 0 Å². The summed E-state index contributed by atoms with van der Waals surface area (Å²) in [4.78, 5) is 8.89. The number of aromatic nitrogens is 1. The third kappa shape index (κ3) is 5.42. The molecule has 120 valence electrons. The molecule has 21 heavy (non-hydrogen) atoms. The molecule has 5 nitrogen and oxygen atoms in total. The quantitative estimate of drug-likeness (QED) is 0.615. The highest BCUT2D eigenvalue weighted by Gasteiger charge is 2.10. The minimum Gasteiger partial charge on any atom is -0.355 e. The number of likely N-dealkylation sites (N-methyl/N-ethyl adjacent to an activating group) is 1. The van der Waals surface area contributed by atoms with Crippen molar-refractivity contribution in [2.75, 3.05) is 34.2 Å². The summed E-state index contributed by atoms with van der Waals surface area (Å²) in [5.74, 6) is 0.939. The van der Waals surface area contributed by atoms with Gasteiger partial charge in [-0.3, -0.25) is 4.99 Å². The van der Waals surface area contributed by atoms with Crippen molar-refractivity contribution in [1.82, 2.24) is 19.7 Å². The fraction of sp³-hybridized carbons (Fsp3) is 0.688. The fourth-order valence-corrected chi connectivity index (χ4v) is 2.24. The van der Waals surface area contributed by atoms with Crippen LogP contribution in [0.15, 0.2) is 23.3 Å². The molecule has 0 saturated carbocycles. The van der Waals surface area contributed by atoms with Gasteiger partial charge in [-0.15, -0.1) is 0 Å². The van der Waals surface area contributed by atoms with Gasteiger partial charge in [0, 0.05) is 52.2 Å². The van der Waals surface area contributed by atoms with E-state index in [9.17, 15) is 0 Å². The van der Waals surface area contributed by atoms with E-state index in [1.165, 1.54) is 12.1 Å². The zero-order valence-corrected chi connectivity index (χ0v) is 14.4. The molecule has 0 saturated heterocycles. The zero-order chi connectivity index (χ0) is 15.8. The minimum atomic E-state index is 0.620. The van der Waals surface area contributed by atoms with Gasteiger partial charge in [0.05, 0.1) is 6.54 Å². The number of guanidine groups is 1. The lowest BCUT2D eigenvalue weighted by Gasteiger charge is -2.26. The molecule has 0 amide bonds. The molecule has 0 aliphatic heterocycles. The molecular weight excluding hydrogens is 262 g/mol. The lowest BCUT2D eigenvalue weighted by molar-refractivity contribution is 0.255. The van der Waals surface area contributed by atoms with Gasteiger partial charge in [-0.1, -0.05) is 6.92 Å². The van der Waals surface area contributed by atoms with E-state index in [1.54, 1.807) is 0 Å². The second-order valence-electron chi connectivity index (χ2n) is 5.68. The van der Waals surface area contributed by atoms with Crippen molar-refractivity contribution in [2.24, 2.45) is 12.0 Å². The van der Waals surface area contributed by atoms with E-state index in [0.717, 1.165) is 25.6 Å². The zero-order valence-electron chi connectivity index (χ0n) is 14.4. The van der Waals surface area contributed by atoms with Crippen LogP contribution in [0, 0.1) is 0 Å². The molecule has 1 heterocycles. The first-order valence-electron chi connectivity index (χ1n) is 7.71. The molecule has 1 aromatic rings. The second kappa shape index (κ2) is 8.72. The van der Waals surface area contributed by atoms with E-state index >= 15 is 0 Å². The summed E-state index contributed by atoms with van der Waals surface area (Å²) in [7, 11) is 8.15. The van der Waals surface area contributed by atoms with Crippen LogP contribution >= 0.6 is 0 Å². The number of nitrogens with zero attached hydrogens (tertiary/aromatic N) is 4. The van der Waals surface area contributed by atoms with E-state index in [4.69, 9.17) is 0 Å². The van der Waals surface area contributed by atoms with Gasteiger partial charge >= 0.3 is 0 Å². The maximum Gasteiger partial charge on any atom is 0.193 e. The number of aryl methyl sites for hydroxylation is 1. The number of rotatable bonds is 7. The van der Waals surface area contributed by atoms with Crippen molar-refractivity contribution in [3.05, 3.63) is 24.0 Å². The molecule has 0 bridgehead atoms. The summed E-state index contributed by atoms with van der Waals surface area (Å²) in [6.07, 6.45) is 3.25. The third-order valence-corrected chi connectivity index (χ3v) is 4.11. The highest BCUT2D eigenvalue weighted by molar-refractivity contribution is 5.79. The van der Waals surface area contributed by atoms with Gasteiger partial charge in [0.2, 0.25) is 0 Å². The Bertz CT molecular complexity index is 438. The van der Waals surface area contributed by atoms with Crippen molar-refractivity contribution in [1.29, 1.82) is 0 Å². The molecule has 0 fully saturated rings. The largest absolute Gasteiger partial charge is 0.355 e. The van der Waals surface area contributed by atoms with Crippen LogP contribution in [0.1, 0.15) is 26.0 Å². The predicted octanol–water partition coefficient (Wildman–Crippen LogP) is 1.76. The molecule has 1 aromatic heterocycles. The minimum absolute atomic E-state index is 0.620. The Morgan fingerprint density at radius 2 is 2.14 bits per heavy atom. The topological polar surface area (TPSA) is 35.8 Å². The Morgan fingerprint density at radius 1 is 1.43 bits per heavy atom. The summed E-state index contributed by atoms with van der Waals surface area (Å²) in [6, 6.07) is 4.83. The highest BCUT2D eigenvalue weighted by atomic mass is 15.3. The molecule has 1 rings (SSSR count). The van der Waals surface area contributed by atoms with E-state index in [0.29, 0.717) is 6.04 Å². The van der Waals surface area contributed by atoms with Crippen molar-refractivity contribution >= 4 is 5.96 Å². The fourth-order valence-electron chi connectivity index (χ4n) is 2.24. The lowest BCUT2D eigenvalue weighted by Crippen LogP contribution is -2.43. The first kappa shape index (κ1) is 17.6. The van der Waals surface area contributed by atoms with Crippen LogP contribution in [0.2, 0.25) is 0 Å². The molecule has 0 aliphatic rings. The first-order valence-corrected chi connectivity index (χ1v) is 7.71. The average Bonchev–Trinajstić information content (AvgIpc) is 2.87. The van der Waals surface area contributed by atoms with Crippen molar-refractivity contribution < 1.29 is 0 Å². The molecule has 0 aliphatic carbocycles. The summed E-state index contributed by atoms with van der Waals surface area (Å²) < 4.78 is 2.14. The molecule has 0 spiro atoms. The monoisotopic (exact) mass is 293 g/mol. The van der Waals surface area contributed by atoms with Crippen LogP contribution in [0.4, 0.5) is 0 Å². The van der Waals surface area contributed by atoms with Crippen molar-refractivity contribution in [3.63, 3.8) is 0 Å². The summed E-state index contributed by atoms with van der Waals surface area (Å²) >= 11 is 0. The summed E-state index contributed by atoms with van der Waals surface area (Å²) in [5.41, 5.74) is 1.28. The molecule has 5 heteroatoms. The predicted molar refractivity (Wildman–Crippen MR) is 90.6 cm³/mol. The highest BCUT2D eigenvalue weighted by Crippen LogP contribution is 2.03. The van der Waals surface area contributed by atoms with E-state index in [1.807, 2.05) is 7.05 Å². The molecular formula is C16H31N5. The Balaban J connectivity index is 2.43. The Kier molecular flexibility index (Phi) is 7.29. The van der Waals surface area contributed by atoms with E-state index in [-0.39, 0.29) is 0 Å². The molecule has 1 unspecified atom stereocenters. The molecule has 1 atom stereocenters. The van der Waals surface area contributed by atoms with Gasteiger partial charge in [-0.25, -0.2) is 0 Å². The summed E-state index contributed by atoms with van der Waals surface area (Å²) in [5, 5.41) is 3.44. The van der Waals surface area contributed by atoms with Crippen molar-refractivity contribution in [3.8, 4) is 0 Å². The lowest BCUT2D eigenvalue weighted by atomic mass is 10.2. The number of aliphatic imine (C=N–C) groups is 1. The Labute approximate surface area is 129 Å². The number of hydrogen-bond acceptors (Lipinski definition) is 2. The smallest absolute Gasteiger partial charge is 0.193 e. The van der Waals surface area contributed by atoms with Gasteiger partial charge in [0.15, 0.2) is 5.96 Å². The number of hydrogen-bond donors (Lipinski definition) is 1. The first-order chi connectivity index (χ1) is 9.99. The number of nitrogens with one attached hydrogen (secondary N) is 1. The Morgan fingerprint density at radius 3 is 2.67 bits per heavy atom. The molecule has 0 radical (unpaired) electrons. The van der Waals surface area contributed by atoms with Crippen molar-refractivity contribution in [2.45, 2.75) is 32.9 Å². The van der Waals surface area contributed by atoms with Crippen LogP contribution < -0.4 is 5.32 Å². The van der Waals surface area contributed by atoms with Crippen LogP contribution in [-0.4, -0.2) is 60.6 Å².